The van der Waals surface area contributed by atoms with Gasteiger partial charge in [-0.2, -0.15) is 0 Å². The number of carbonyl (C=O) groups excluding carboxylic acids is 4. The van der Waals surface area contributed by atoms with E-state index in [9.17, 15) is 39.6 Å². The van der Waals surface area contributed by atoms with Crippen molar-refractivity contribution in [1.29, 1.82) is 0 Å². The maximum absolute atomic E-state index is 13.4. The van der Waals surface area contributed by atoms with Crippen molar-refractivity contribution in [2.75, 3.05) is 0 Å². The quantitative estimate of drug-likeness (QED) is 0.343. The van der Waals surface area contributed by atoms with Crippen LogP contribution in [0.1, 0.15) is 87.5 Å². The van der Waals surface area contributed by atoms with Gasteiger partial charge in [-0.3, -0.25) is 0 Å². The van der Waals surface area contributed by atoms with Gasteiger partial charge >= 0.3 is 0 Å². The van der Waals surface area contributed by atoms with Crippen LogP contribution in [0.2, 0.25) is 0 Å². The first-order valence-electron chi connectivity index (χ1n) is 12.5. The number of carboxylic acid groups (broad SMARTS) is 4. The Morgan fingerprint density at radius 3 is 1.25 bits per heavy atom. The molecule has 2 fully saturated rings. The first kappa shape index (κ1) is 30.0. The Bertz CT molecular complexity index is 838. The van der Waals surface area contributed by atoms with E-state index >= 15 is 0 Å². The SMILES string of the molecule is CC1(C)CC(C(C(=O)[O-])(C2CC(C)(C)NC(C)(C)C2)C(C(=O)[O-])C(CC(=O)[O-])C(=O)[O-])CC(C)(C)N1. The van der Waals surface area contributed by atoms with Gasteiger partial charge in [-0.15, -0.1) is 0 Å². The van der Waals surface area contributed by atoms with Crippen molar-refractivity contribution in [1.82, 2.24) is 10.6 Å². The fourth-order valence-electron chi connectivity index (χ4n) is 7.83. The average molecular weight is 509 g/mol. The molecule has 0 aromatic carbocycles. The molecule has 2 saturated heterocycles. The summed E-state index contributed by atoms with van der Waals surface area (Å²) in [5.41, 5.74) is -4.79. The number of nitrogens with one attached hydrogen (secondary N) is 2. The van der Waals surface area contributed by atoms with Gasteiger partial charge in [-0.05, 0) is 99.3 Å². The Labute approximate surface area is 213 Å². The van der Waals surface area contributed by atoms with Gasteiger partial charge in [0.1, 0.15) is 0 Å². The van der Waals surface area contributed by atoms with Crippen LogP contribution in [0.25, 0.3) is 0 Å². The smallest absolute Gasteiger partial charge is 0.0488 e. The van der Waals surface area contributed by atoms with Gasteiger partial charge < -0.3 is 50.2 Å². The van der Waals surface area contributed by atoms with Crippen LogP contribution >= 0.6 is 0 Å². The third kappa shape index (κ3) is 6.19. The van der Waals surface area contributed by atoms with Crippen LogP contribution in [0.15, 0.2) is 0 Å². The summed E-state index contributed by atoms with van der Waals surface area (Å²) in [7, 11) is 0. The van der Waals surface area contributed by atoms with E-state index in [1.54, 1.807) is 0 Å². The van der Waals surface area contributed by atoms with Crippen molar-refractivity contribution in [3.8, 4) is 0 Å². The second kappa shape index (κ2) is 9.59. The molecule has 206 valence electrons. The molecule has 10 nitrogen and oxygen atoms in total. The number of aliphatic carboxylic acids is 4. The van der Waals surface area contributed by atoms with Gasteiger partial charge in [0, 0.05) is 63.3 Å². The minimum atomic E-state index is -2.26. The van der Waals surface area contributed by atoms with Crippen LogP contribution in [0.4, 0.5) is 0 Å². The molecule has 0 aliphatic carbocycles. The summed E-state index contributed by atoms with van der Waals surface area (Å²) in [6.07, 6.45) is -0.423. The van der Waals surface area contributed by atoms with Crippen molar-refractivity contribution in [3.05, 3.63) is 0 Å². The van der Waals surface area contributed by atoms with E-state index < -0.39 is 81.5 Å². The lowest BCUT2D eigenvalue weighted by atomic mass is 9.48. The van der Waals surface area contributed by atoms with E-state index in [4.69, 9.17) is 0 Å². The van der Waals surface area contributed by atoms with Crippen LogP contribution in [0.3, 0.4) is 0 Å². The summed E-state index contributed by atoms with van der Waals surface area (Å²) in [5, 5.41) is 56.8. The summed E-state index contributed by atoms with van der Waals surface area (Å²) < 4.78 is 0. The normalized spacial score (nSPS) is 25.4. The molecular formula is C26H40N2O8-4. The third-order valence-electron chi connectivity index (χ3n) is 7.95. The largest absolute Gasteiger partial charge is 0.550 e. The Hall–Kier alpha value is -2.20. The Morgan fingerprint density at radius 1 is 0.694 bits per heavy atom. The summed E-state index contributed by atoms with van der Waals surface area (Å²) in [5.74, 6) is -13.6. The van der Waals surface area contributed by atoms with Crippen LogP contribution in [0, 0.1) is 29.1 Å². The summed E-state index contributed by atoms with van der Waals surface area (Å²) in [6.45, 7) is 14.9. The lowest BCUT2D eigenvalue weighted by Gasteiger charge is -2.62. The summed E-state index contributed by atoms with van der Waals surface area (Å²) in [4.78, 5) is 49.9. The zero-order valence-corrected chi connectivity index (χ0v) is 22.6. The van der Waals surface area contributed by atoms with E-state index in [0.29, 0.717) is 0 Å². The molecule has 2 atom stereocenters. The lowest BCUT2D eigenvalue weighted by molar-refractivity contribution is -0.354. The molecule has 0 amide bonds. The molecular weight excluding hydrogens is 468 g/mol. The predicted molar refractivity (Wildman–Crippen MR) is 122 cm³/mol. The number of rotatable bonds is 9. The van der Waals surface area contributed by atoms with Gasteiger partial charge in [0.15, 0.2) is 0 Å². The highest BCUT2D eigenvalue weighted by molar-refractivity contribution is 5.88. The summed E-state index contributed by atoms with van der Waals surface area (Å²) >= 11 is 0. The predicted octanol–water partition coefficient (Wildman–Crippen LogP) is -2.29. The standard InChI is InChI=1S/C26H44N2O8/c1-22(2)10-14(11-23(3,4)27-22)26(21(35)36,15-12-24(5,6)28-25(7,8)13-15)18(20(33)34)16(19(31)32)9-17(29)30/h14-16,18,27-28H,9-13H2,1-8H3,(H,29,30)(H,31,32)(H,33,34)(H,35,36)/p-4. The second-order valence-corrected chi connectivity index (χ2v) is 13.5. The molecule has 2 rings (SSSR count). The highest BCUT2D eigenvalue weighted by Crippen LogP contribution is 2.57. The minimum absolute atomic E-state index is 0.198. The monoisotopic (exact) mass is 508 g/mol. The molecule has 10 heteroatoms. The van der Waals surface area contributed by atoms with E-state index in [2.05, 4.69) is 10.6 Å². The number of piperidine rings is 2. The molecule has 0 aromatic rings. The molecule has 0 saturated carbocycles. The number of carbonyl (C=O) groups is 4. The van der Waals surface area contributed by atoms with Crippen LogP contribution in [-0.2, 0) is 19.2 Å². The van der Waals surface area contributed by atoms with E-state index in [-0.39, 0.29) is 25.7 Å². The van der Waals surface area contributed by atoms with E-state index in [0.717, 1.165) is 0 Å². The Kier molecular flexibility index (Phi) is 8.00. The van der Waals surface area contributed by atoms with Crippen molar-refractivity contribution < 1.29 is 39.6 Å². The fourth-order valence-corrected chi connectivity index (χ4v) is 7.83. The maximum atomic E-state index is 13.4. The number of carboxylic acids is 4. The third-order valence-corrected chi connectivity index (χ3v) is 7.95. The van der Waals surface area contributed by atoms with Crippen LogP contribution in [-0.4, -0.2) is 46.0 Å². The molecule has 2 aliphatic heterocycles. The van der Waals surface area contributed by atoms with Crippen molar-refractivity contribution >= 4 is 23.9 Å². The van der Waals surface area contributed by atoms with Gasteiger partial charge in [0.05, 0.1) is 0 Å². The first-order chi connectivity index (χ1) is 16.1. The second-order valence-electron chi connectivity index (χ2n) is 13.5. The van der Waals surface area contributed by atoms with E-state index in [1.165, 1.54) is 0 Å². The van der Waals surface area contributed by atoms with Crippen molar-refractivity contribution in [2.24, 2.45) is 29.1 Å². The average Bonchev–Trinajstić information content (AvgIpc) is 2.57. The molecule has 0 radical (unpaired) electrons. The van der Waals surface area contributed by atoms with Crippen LogP contribution in [0.5, 0.6) is 0 Å². The minimum Gasteiger partial charge on any atom is -0.550 e. The van der Waals surface area contributed by atoms with Gasteiger partial charge in [-0.25, -0.2) is 0 Å². The Balaban J connectivity index is 2.94. The molecule has 0 aromatic heterocycles. The zero-order valence-electron chi connectivity index (χ0n) is 22.6. The molecule has 36 heavy (non-hydrogen) atoms. The van der Waals surface area contributed by atoms with Gasteiger partial charge in [-0.1, -0.05) is 0 Å². The molecule has 0 spiro atoms. The van der Waals surface area contributed by atoms with Gasteiger partial charge in [0.25, 0.3) is 0 Å². The highest BCUT2D eigenvalue weighted by Gasteiger charge is 2.60. The molecule has 2 unspecified atom stereocenters. The maximum Gasteiger partial charge on any atom is 0.0488 e. The van der Waals surface area contributed by atoms with Crippen LogP contribution < -0.4 is 31.1 Å². The Morgan fingerprint density at radius 2 is 1.03 bits per heavy atom. The number of hydrogen-bond donors (Lipinski definition) is 2. The van der Waals surface area contributed by atoms with Crippen molar-refractivity contribution in [2.45, 2.75) is 110 Å². The fraction of sp³-hybridized carbons (Fsp3) is 0.846. The zero-order chi connectivity index (χ0) is 28.1. The molecule has 2 aliphatic rings. The number of hydrogen-bond acceptors (Lipinski definition) is 10. The topological polar surface area (TPSA) is 185 Å². The lowest BCUT2D eigenvalue weighted by Crippen LogP contribution is -2.71. The van der Waals surface area contributed by atoms with Crippen molar-refractivity contribution in [3.63, 3.8) is 0 Å². The molecule has 2 N–H and O–H groups in total. The molecule has 2 heterocycles. The first-order valence-corrected chi connectivity index (χ1v) is 12.5. The highest BCUT2D eigenvalue weighted by atomic mass is 16.4. The van der Waals surface area contributed by atoms with Gasteiger partial charge in [0.2, 0.25) is 0 Å². The van der Waals surface area contributed by atoms with E-state index in [1.807, 2.05) is 55.4 Å². The molecule has 0 bridgehead atoms. The summed E-state index contributed by atoms with van der Waals surface area (Å²) in [6, 6.07) is 0.